The summed E-state index contributed by atoms with van der Waals surface area (Å²) in [5, 5.41) is 10.9. The van der Waals surface area contributed by atoms with Gasteiger partial charge < -0.3 is 20.3 Å². The summed E-state index contributed by atoms with van der Waals surface area (Å²) in [4.78, 5) is 26.3. The van der Waals surface area contributed by atoms with Crippen molar-refractivity contribution >= 4 is 23.2 Å². The molecule has 2 rings (SSSR count). The minimum atomic E-state index is -0.524. The Morgan fingerprint density at radius 2 is 2.04 bits per heavy atom. The minimum Gasteiger partial charge on any atom is -0.444 e. The third-order valence-corrected chi connectivity index (χ3v) is 3.82. The van der Waals surface area contributed by atoms with Crippen LogP contribution < -0.4 is 10.6 Å². The Bertz CT molecular complexity index is 641. The van der Waals surface area contributed by atoms with E-state index in [9.17, 15) is 14.9 Å². The molecule has 0 spiro atoms. The molecule has 0 saturated carbocycles. The highest BCUT2D eigenvalue weighted by Gasteiger charge is 2.30. The first kappa shape index (κ1) is 17.8. The molecule has 24 heavy (non-hydrogen) atoms. The summed E-state index contributed by atoms with van der Waals surface area (Å²) >= 11 is 0. The van der Waals surface area contributed by atoms with E-state index in [4.69, 9.17) is 10.5 Å². The average molecular weight is 336 g/mol. The van der Waals surface area contributed by atoms with Gasteiger partial charge in [-0.15, -0.1) is 0 Å². The van der Waals surface area contributed by atoms with E-state index >= 15 is 0 Å². The number of nitrogens with two attached hydrogens (primary N) is 1. The van der Waals surface area contributed by atoms with Crippen LogP contribution in [0, 0.1) is 10.1 Å². The van der Waals surface area contributed by atoms with Crippen LogP contribution in [0.1, 0.15) is 27.7 Å². The van der Waals surface area contributed by atoms with Gasteiger partial charge in [-0.2, -0.15) is 0 Å². The second-order valence-electron chi connectivity index (χ2n) is 6.97. The number of piperazine rings is 1. The molecule has 1 aromatic rings. The maximum atomic E-state index is 12.2. The molecule has 0 aromatic heterocycles. The summed E-state index contributed by atoms with van der Waals surface area (Å²) in [6, 6.07) is 4.76. The molecule has 132 valence electrons. The first-order valence-corrected chi connectivity index (χ1v) is 7.87. The van der Waals surface area contributed by atoms with Crippen molar-refractivity contribution in [3.05, 3.63) is 28.3 Å². The lowest BCUT2D eigenvalue weighted by molar-refractivity contribution is -0.383. The van der Waals surface area contributed by atoms with Crippen molar-refractivity contribution in [3.8, 4) is 0 Å². The fourth-order valence-electron chi connectivity index (χ4n) is 2.72. The zero-order valence-corrected chi connectivity index (χ0v) is 14.5. The van der Waals surface area contributed by atoms with Crippen LogP contribution in [0.15, 0.2) is 18.2 Å². The van der Waals surface area contributed by atoms with E-state index in [2.05, 4.69) is 4.90 Å². The quantitative estimate of drug-likeness (QED) is 0.506. The smallest absolute Gasteiger partial charge is 0.410 e. The molecule has 1 saturated heterocycles. The van der Waals surface area contributed by atoms with Gasteiger partial charge in [-0.3, -0.25) is 10.1 Å². The van der Waals surface area contributed by atoms with Crippen LogP contribution in [0.3, 0.4) is 0 Å². The second-order valence-corrected chi connectivity index (χ2v) is 6.97. The standard InChI is InChI=1S/C16H24N4O4/c1-11-10-18(15(21)24-16(2,3)4)7-8-19(11)12-5-6-14(20(22)23)13(17)9-12/h5-6,9,11H,7-8,10,17H2,1-4H3. The van der Waals surface area contributed by atoms with Crippen LogP contribution in [0.2, 0.25) is 0 Å². The number of hydrogen-bond donors (Lipinski definition) is 1. The summed E-state index contributed by atoms with van der Waals surface area (Å²) in [7, 11) is 0. The van der Waals surface area contributed by atoms with Crippen molar-refractivity contribution in [2.24, 2.45) is 0 Å². The monoisotopic (exact) mass is 336 g/mol. The van der Waals surface area contributed by atoms with Crippen LogP contribution in [-0.2, 0) is 4.74 Å². The number of benzene rings is 1. The molecule has 0 radical (unpaired) electrons. The van der Waals surface area contributed by atoms with Crippen molar-refractivity contribution < 1.29 is 14.5 Å². The third-order valence-electron chi connectivity index (χ3n) is 3.82. The lowest BCUT2D eigenvalue weighted by atomic mass is 10.1. The molecule has 1 aromatic carbocycles. The Labute approximate surface area is 141 Å². The van der Waals surface area contributed by atoms with Gasteiger partial charge in [0.1, 0.15) is 11.3 Å². The summed E-state index contributed by atoms with van der Waals surface area (Å²) in [6.45, 7) is 9.16. The molecule has 8 nitrogen and oxygen atoms in total. The molecule has 1 unspecified atom stereocenters. The Balaban J connectivity index is 2.07. The highest BCUT2D eigenvalue weighted by Crippen LogP contribution is 2.29. The van der Waals surface area contributed by atoms with Crippen molar-refractivity contribution in [2.45, 2.75) is 39.3 Å². The second kappa shape index (κ2) is 6.54. The van der Waals surface area contributed by atoms with Crippen molar-refractivity contribution in [3.63, 3.8) is 0 Å². The SMILES string of the molecule is CC1CN(C(=O)OC(C)(C)C)CCN1c1ccc([N+](=O)[O-])c(N)c1. The molecule has 1 atom stereocenters. The van der Waals surface area contributed by atoms with Crippen molar-refractivity contribution in [1.29, 1.82) is 0 Å². The van der Waals surface area contributed by atoms with E-state index < -0.39 is 10.5 Å². The van der Waals surface area contributed by atoms with E-state index in [1.807, 2.05) is 27.7 Å². The number of hydrogen-bond acceptors (Lipinski definition) is 6. The number of rotatable bonds is 2. The van der Waals surface area contributed by atoms with Gasteiger partial charge in [0.25, 0.3) is 5.69 Å². The molecule has 1 amide bonds. The number of amides is 1. The van der Waals surface area contributed by atoms with Crippen LogP contribution in [-0.4, -0.2) is 47.2 Å². The number of carbonyl (C=O) groups excluding carboxylic acids is 1. The number of anilines is 2. The van der Waals surface area contributed by atoms with Gasteiger partial charge in [-0.1, -0.05) is 0 Å². The molecule has 8 heteroatoms. The maximum absolute atomic E-state index is 12.2. The third kappa shape index (κ3) is 4.06. The van der Waals surface area contributed by atoms with Gasteiger partial charge in [-0.05, 0) is 39.8 Å². The molecule has 1 aliphatic heterocycles. The fraction of sp³-hybridized carbons (Fsp3) is 0.562. The van der Waals surface area contributed by atoms with Crippen molar-refractivity contribution in [1.82, 2.24) is 4.90 Å². The van der Waals surface area contributed by atoms with E-state index in [0.29, 0.717) is 19.6 Å². The van der Waals surface area contributed by atoms with Crippen molar-refractivity contribution in [2.75, 3.05) is 30.3 Å². The molecule has 0 aliphatic carbocycles. The summed E-state index contributed by atoms with van der Waals surface area (Å²) < 4.78 is 5.40. The Morgan fingerprint density at radius 1 is 1.38 bits per heavy atom. The van der Waals surface area contributed by atoms with Crippen LogP contribution >= 0.6 is 0 Å². The molecule has 2 N–H and O–H groups in total. The topological polar surface area (TPSA) is 102 Å². The van der Waals surface area contributed by atoms with Crippen LogP contribution in [0.5, 0.6) is 0 Å². The minimum absolute atomic E-state index is 0.0483. The molecule has 1 fully saturated rings. The normalized spacial score (nSPS) is 18.4. The lowest BCUT2D eigenvalue weighted by Crippen LogP contribution is -2.54. The summed E-state index contributed by atoms with van der Waals surface area (Å²) in [6.07, 6.45) is -0.322. The van der Waals surface area contributed by atoms with E-state index in [0.717, 1.165) is 5.69 Å². The average Bonchev–Trinajstić information content (AvgIpc) is 2.44. The number of nitrogen functional groups attached to an aromatic ring is 1. The molecular formula is C16H24N4O4. The van der Waals surface area contributed by atoms with Gasteiger partial charge in [0.05, 0.1) is 4.92 Å². The first-order chi connectivity index (χ1) is 11.1. The zero-order chi connectivity index (χ0) is 18.1. The molecule has 0 bridgehead atoms. The van der Waals surface area contributed by atoms with Gasteiger partial charge in [0, 0.05) is 37.4 Å². The molecule has 1 heterocycles. The van der Waals surface area contributed by atoms with Crippen LogP contribution in [0.25, 0.3) is 0 Å². The van der Waals surface area contributed by atoms with E-state index in [1.54, 1.807) is 17.0 Å². The molecular weight excluding hydrogens is 312 g/mol. The zero-order valence-electron chi connectivity index (χ0n) is 14.5. The highest BCUT2D eigenvalue weighted by atomic mass is 16.6. The predicted octanol–water partition coefficient (Wildman–Crippen LogP) is 2.62. The number of nitrogens with zero attached hydrogens (tertiary/aromatic N) is 3. The number of nitro groups is 1. The fourth-order valence-corrected chi connectivity index (χ4v) is 2.72. The van der Waals surface area contributed by atoms with Gasteiger partial charge in [0.2, 0.25) is 0 Å². The highest BCUT2D eigenvalue weighted by molar-refractivity contribution is 5.70. The Morgan fingerprint density at radius 3 is 2.54 bits per heavy atom. The largest absolute Gasteiger partial charge is 0.444 e. The summed E-state index contributed by atoms with van der Waals surface area (Å²) in [5.41, 5.74) is 6.10. The van der Waals surface area contributed by atoms with E-state index in [1.165, 1.54) is 6.07 Å². The Kier molecular flexibility index (Phi) is 4.86. The van der Waals surface area contributed by atoms with Gasteiger partial charge in [0.15, 0.2) is 0 Å². The maximum Gasteiger partial charge on any atom is 0.410 e. The van der Waals surface area contributed by atoms with Gasteiger partial charge in [-0.25, -0.2) is 4.79 Å². The number of ether oxygens (including phenoxy) is 1. The lowest BCUT2D eigenvalue weighted by Gasteiger charge is -2.41. The first-order valence-electron chi connectivity index (χ1n) is 7.87. The molecule has 1 aliphatic rings. The number of carbonyl (C=O) groups is 1. The Hall–Kier alpha value is -2.51. The number of nitro benzene ring substituents is 1. The van der Waals surface area contributed by atoms with Crippen LogP contribution in [0.4, 0.5) is 21.9 Å². The predicted molar refractivity (Wildman–Crippen MR) is 92.1 cm³/mol. The van der Waals surface area contributed by atoms with E-state index in [-0.39, 0.29) is 23.5 Å². The van der Waals surface area contributed by atoms with Gasteiger partial charge >= 0.3 is 6.09 Å². The summed E-state index contributed by atoms with van der Waals surface area (Å²) in [5.74, 6) is 0.